The quantitative estimate of drug-likeness (QED) is 0.176. The number of fused-ring (bicyclic) bond motifs is 1. The van der Waals surface area contributed by atoms with Crippen LogP contribution in [-0.2, 0) is 15.8 Å². The van der Waals surface area contributed by atoms with Crippen molar-refractivity contribution in [2.75, 3.05) is 11.4 Å². The molecular formula is C33H30ClF4N5O3. The summed E-state index contributed by atoms with van der Waals surface area (Å²) in [5, 5.41) is 9.50. The molecule has 0 aliphatic carbocycles. The van der Waals surface area contributed by atoms with Gasteiger partial charge in [0.1, 0.15) is 23.1 Å². The maximum absolute atomic E-state index is 14.3. The molecule has 46 heavy (non-hydrogen) atoms. The average Bonchev–Trinajstić information content (AvgIpc) is 3.42. The zero-order valence-corrected chi connectivity index (χ0v) is 25.7. The highest BCUT2D eigenvalue weighted by Gasteiger charge is 2.47. The minimum atomic E-state index is -4.69. The fourth-order valence-electron chi connectivity index (χ4n) is 5.58. The summed E-state index contributed by atoms with van der Waals surface area (Å²) in [6.07, 6.45) is -4.69. The Morgan fingerprint density at radius 1 is 1.00 bits per heavy atom. The van der Waals surface area contributed by atoms with Crippen molar-refractivity contribution in [1.82, 2.24) is 20.4 Å². The molecule has 0 saturated heterocycles. The van der Waals surface area contributed by atoms with Crippen LogP contribution in [0.1, 0.15) is 65.5 Å². The van der Waals surface area contributed by atoms with Crippen LogP contribution in [0.5, 0.6) is 0 Å². The van der Waals surface area contributed by atoms with Gasteiger partial charge in [-0.2, -0.15) is 18.3 Å². The molecule has 1 aromatic heterocycles. The van der Waals surface area contributed by atoms with Gasteiger partial charge in [0.2, 0.25) is 5.91 Å². The number of rotatable bonds is 8. The predicted molar refractivity (Wildman–Crippen MR) is 164 cm³/mol. The van der Waals surface area contributed by atoms with E-state index in [-0.39, 0.29) is 12.1 Å². The minimum Gasteiger partial charge on any atom is -0.347 e. The Kier molecular flexibility index (Phi) is 9.20. The Balaban J connectivity index is 1.73. The summed E-state index contributed by atoms with van der Waals surface area (Å²) < 4.78 is 56.1. The Morgan fingerprint density at radius 3 is 2.28 bits per heavy atom. The van der Waals surface area contributed by atoms with E-state index in [4.69, 9.17) is 16.7 Å². The first kappa shape index (κ1) is 32.7. The second-order valence-electron chi connectivity index (χ2n) is 10.9. The number of benzene rings is 3. The van der Waals surface area contributed by atoms with Crippen molar-refractivity contribution in [3.63, 3.8) is 0 Å². The largest absolute Gasteiger partial charge is 0.416 e. The summed E-state index contributed by atoms with van der Waals surface area (Å²) in [7, 11) is 0. The van der Waals surface area contributed by atoms with E-state index >= 15 is 0 Å². The number of likely N-dealkylation sites (N-methyl/N-ethyl adjacent to an activating group) is 1. The first-order valence-electron chi connectivity index (χ1n) is 14.5. The molecule has 240 valence electrons. The first-order chi connectivity index (χ1) is 21.8. The lowest BCUT2D eigenvalue weighted by Crippen LogP contribution is -2.55. The van der Waals surface area contributed by atoms with E-state index in [0.29, 0.717) is 34.4 Å². The van der Waals surface area contributed by atoms with E-state index in [1.165, 1.54) is 42.2 Å². The zero-order valence-electron chi connectivity index (χ0n) is 25.0. The van der Waals surface area contributed by atoms with Crippen molar-refractivity contribution < 1.29 is 31.9 Å². The average molecular weight is 656 g/mol. The normalized spacial score (nSPS) is 17.7. The van der Waals surface area contributed by atoms with Crippen molar-refractivity contribution in [3.05, 3.63) is 113 Å². The molecular weight excluding hydrogens is 626 g/mol. The third-order valence-electron chi connectivity index (χ3n) is 7.77. The Labute approximate surface area is 267 Å². The molecule has 8 nitrogen and oxygen atoms in total. The highest BCUT2D eigenvalue weighted by molar-refractivity contribution is 6.30. The number of nitrogens with one attached hydrogen (secondary N) is 2. The smallest absolute Gasteiger partial charge is 0.347 e. The van der Waals surface area contributed by atoms with Crippen LogP contribution in [0.3, 0.4) is 0 Å². The number of carbonyl (C=O) groups excluding carboxylic acids is 3. The van der Waals surface area contributed by atoms with Crippen molar-refractivity contribution in [1.29, 1.82) is 0 Å². The highest BCUT2D eigenvalue weighted by atomic mass is 35.5. The Hall–Kier alpha value is -4.71. The third kappa shape index (κ3) is 6.34. The second-order valence-corrected chi connectivity index (χ2v) is 11.5. The first-order valence-corrected chi connectivity index (χ1v) is 14.9. The monoisotopic (exact) mass is 655 g/mol. The number of amides is 3. The molecule has 1 aliphatic rings. The van der Waals surface area contributed by atoms with Crippen molar-refractivity contribution in [2.45, 2.75) is 50.3 Å². The maximum Gasteiger partial charge on any atom is 0.416 e. The van der Waals surface area contributed by atoms with Gasteiger partial charge < -0.3 is 10.6 Å². The summed E-state index contributed by atoms with van der Waals surface area (Å²) in [4.78, 5) is 42.0. The number of nitrogens with zero attached hydrogens (tertiary/aromatic N) is 3. The van der Waals surface area contributed by atoms with Gasteiger partial charge in [-0.15, -0.1) is 11.6 Å². The summed E-state index contributed by atoms with van der Waals surface area (Å²) in [6, 6.07) is 16.1. The molecule has 0 bridgehead atoms. The molecule has 2 N–H and O–H groups in total. The topological polar surface area (TPSA) is 96.3 Å². The third-order valence-corrected chi connectivity index (χ3v) is 7.97. The standard InChI is InChI=1S/C33H30ClF4N5O3/c1-4-42-31-26(27(19(3)39-29(44)18(2)34)41-43(31)24-11-6-5-7-12-24)25(20-13-15-23(35)16-14-20)28(32(42)46)40-30(45)21-9-8-10-22(17-21)33(36,37)38/h5-19,25,28H,4H2,1-3H3,(H,39,44)(H,40,45)/t18?,19-,25-,28-/m0/s1. The zero-order chi connectivity index (χ0) is 33.3. The van der Waals surface area contributed by atoms with E-state index in [1.807, 2.05) is 6.07 Å². The van der Waals surface area contributed by atoms with Crippen LogP contribution in [0.25, 0.3) is 5.69 Å². The van der Waals surface area contributed by atoms with Crippen LogP contribution in [0.4, 0.5) is 23.4 Å². The molecule has 2 heterocycles. The van der Waals surface area contributed by atoms with Gasteiger partial charge in [0, 0.05) is 23.6 Å². The number of para-hydroxylation sites is 1. The molecule has 1 unspecified atom stereocenters. The van der Waals surface area contributed by atoms with Crippen molar-refractivity contribution in [2.24, 2.45) is 0 Å². The number of hydrogen-bond donors (Lipinski definition) is 2. The van der Waals surface area contributed by atoms with Gasteiger partial charge in [-0.1, -0.05) is 36.4 Å². The van der Waals surface area contributed by atoms with Gasteiger partial charge in [-0.3, -0.25) is 19.3 Å². The fraction of sp³-hybridized carbons (Fsp3) is 0.273. The molecule has 0 fully saturated rings. The summed E-state index contributed by atoms with van der Waals surface area (Å²) in [6.45, 7) is 5.07. The molecule has 3 aromatic carbocycles. The van der Waals surface area contributed by atoms with E-state index in [0.717, 1.165) is 12.1 Å². The Bertz CT molecular complexity index is 1760. The van der Waals surface area contributed by atoms with Crippen LogP contribution in [0.2, 0.25) is 0 Å². The molecule has 0 spiro atoms. The van der Waals surface area contributed by atoms with Gasteiger partial charge in [0.25, 0.3) is 11.8 Å². The van der Waals surface area contributed by atoms with E-state index in [2.05, 4.69) is 10.6 Å². The predicted octanol–water partition coefficient (Wildman–Crippen LogP) is 6.13. The van der Waals surface area contributed by atoms with E-state index in [1.54, 1.807) is 42.8 Å². The van der Waals surface area contributed by atoms with Gasteiger partial charge in [-0.05, 0) is 68.8 Å². The SMILES string of the molecule is CCN1C(=O)[C@@H](NC(=O)c2cccc(C(F)(F)F)c2)[C@@H](c2ccc(F)cc2)c2c([C@H](C)NC(=O)C(C)Cl)nn(-c3ccccc3)c21. The molecule has 3 amide bonds. The van der Waals surface area contributed by atoms with Crippen molar-refractivity contribution >= 4 is 35.1 Å². The lowest BCUT2D eigenvalue weighted by molar-refractivity contribution is -0.137. The summed E-state index contributed by atoms with van der Waals surface area (Å²) in [5.41, 5.74) is 0.520. The molecule has 5 rings (SSSR count). The molecule has 0 saturated carbocycles. The van der Waals surface area contributed by atoms with Gasteiger partial charge >= 0.3 is 6.18 Å². The fourth-order valence-corrected chi connectivity index (χ4v) is 5.65. The summed E-state index contributed by atoms with van der Waals surface area (Å²) >= 11 is 6.04. The lowest BCUT2D eigenvalue weighted by Gasteiger charge is -2.39. The number of carbonyl (C=O) groups is 3. The number of alkyl halides is 4. The number of hydrogen-bond acceptors (Lipinski definition) is 4. The molecule has 13 heteroatoms. The van der Waals surface area contributed by atoms with Crippen LogP contribution in [-0.4, -0.2) is 45.5 Å². The minimum absolute atomic E-state index is 0.134. The van der Waals surface area contributed by atoms with E-state index in [9.17, 15) is 31.9 Å². The van der Waals surface area contributed by atoms with Crippen LogP contribution >= 0.6 is 11.6 Å². The molecule has 4 atom stereocenters. The summed E-state index contributed by atoms with van der Waals surface area (Å²) in [5.74, 6) is -3.09. The van der Waals surface area contributed by atoms with E-state index < -0.39 is 58.7 Å². The van der Waals surface area contributed by atoms with Gasteiger partial charge in [-0.25, -0.2) is 9.07 Å². The van der Waals surface area contributed by atoms with Crippen LogP contribution < -0.4 is 15.5 Å². The van der Waals surface area contributed by atoms with Crippen LogP contribution in [0.15, 0.2) is 78.9 Å². The van der Waals surface area contributed by atoms with Crippen LogP contribution in [0, 0.1) is 5.82 Å². The maximum atomic E-state index is 14.3. The highest BCUT2D eigenvalue weighted by Crippen LogP contribution is 2.45. The van der Waals surface area contributed by atoms with Gasteiger partial charge in [0.15, 0.2) is 0 Å². The molecule has 4 aromatic rings. The Morgan fingerprint density at radius 2 is 1.67 bits per heavy atom. The number of aromatic nitrogens is 2. The van der Waals surface area contributed by atoms with Crippen molar-refractivity contribution in [3.8, 4) is 5.69 Å². The lowest BCUT2D eigenvalue weighted by atomic mass is 9.80. The molecule has 1 aliphatic heterocycles. The number of halogens is 5. The van der Waals surface area contributed by atoms with Gasteiger partial charge in [0.05, 0.1) is 23.0 Å². The second kappa shape index (κ2) is 13.0. The number of anilines is 1. The molecule has 0 radical (unpaired) electrons.